The topological polar surface area (TPSA) is 99.0 Å². The number of amides is 1. The van der Waals surface area contributed by atoms with Crippen LogP contribution in [0.15, 0.2) is 46.9 Å². The number of benzene rings is 1. The fourth-order valence-corrected chi connectivity index (χ4v) is 4.51. The van der Waals surface area contributed by atoms with Crippen molar-refractivity contribution in [1.29, 1.82) is 0 Å². The van der Waals surface area contributed by atoms with Gasteiger partial charge in [-0.3, -0.25) is 4.79 Å². The fraction of sp³-hybridized carbons (Fsp3) is 0.227. The summed E-state index contributed by atoms with van der Waals surface area (Å²) in [4.78, 5) is 24.2. The van der Waals surface area contributed by atoms with E-state index in [9.17, 15) is 14.7 Å². The SMILES string of the molecule is C/C(=N/NC(=O)c1ccc(C(=O)O)s1)c1csc(-c2ccc(C(C)(C)C)cc2)c1O. The van der Waals surface area contributed by atoms with Gasteiger partial charge in [-0.05, 0) is 35.6 Å². The van der Waals surface area contributed by atoms with Crippen LogP contribution in [-0.4, -0.2) is 27.8 Å². The minimum atomic E-state index is -1.08. The Labute approximate surface area is 182 Å². The zero-order valence-electron chi connectivity index (χ0n) is 17.0. The van der Waals surface area contributed by atoms with Gasteiger partial charge in [0.1, 0.15) is 10.6 Å². The van der Waals surface area contributed by atoms with Gasteiger partial charge >= 0.3 is 5.97 Å². The largest absolute Gasteiger partial charge is 0.506 e. The van der Waals surface area contributed by atoms with Gasteiger partial charge in [0, 0.05) is 5.38 Å². The molecule has 156 valence electrons. The normalized spacial score (nSPS) is 12.1. The van der Waals surface area contributed by atoms with Crippen LogP contribution in [0.4, 0.5) is 0 Å². The van der Waals surface area contributed by atoms with Gasteiger partial charge in [0.2, 0.25) is 0 Å². The maximum Gasteiger partial charge on any atom is 0.345 e. The minimum absolute atomic E-state index is 0.0520. The molecule has 0 spiro atoms. The highest BCUT2D eigenvalue weighted by Crippen LogP contribution is 2.39. The first-order valence-electron chi connectivity index (χ1n) is 9.17. The number of thiophene rings is 2. The molecule has 0 saturated carbocycles. The molecule has 8 heteroatoms. The number of nitrogens with one attached hydrogen (secondary N) is 1. The van der Waals surface area contributed by atoms with Crippen LogP contribution in [0.25, 0.3) is 10.4 Å². The van der Waals surface area contributed by atoms with E-state index in [0.29, 0.717) is 11.3 Å². The molecule has 1 amide bonds. The molecule has 1 aromatic carbocycles. The average molecular weight is 443 g/mol. The van der Waals surface area contributed by atoms with Crippen LogP contribution in [0, 0.1) is 0 Å². The van der Waals surface area contributed by atoms with E-state index in [2.05, 4.69) is 43.4 Å². The molecule has 0 aliphatic carbocycles. The highest BCUT2D eigenvalue weighted by Gasteiger charge is 2.18. The number of hydrogen-bond acceptors (Lipinski definition) is 6. The van der Waals surface area contributed by atoms with Gasteiger partial charge in [0.15, 0.2) is 0 Å². The summed E-state index contributed by atoms with van der Waals surface area (Å²) in [6, 6.07) is 10.9. The van der Waals surface area contributed by atoms with Crippen molar-refractivity contribution in [2.75, 3.05) is 0 Å². The van der Waals surface area contributed by atoms with Crippen molar-refractivity contribution in [3.8, 4) is 16.2 Å². The number of carboxylic acid groups (broad SMARTS) is 1. The molecular weight excluding hydrogens is 420 g/mol. The Morgan fingerprint density at radius 3 is 2.23 bits per heavy atom. The molecule has 0 atom stereocenters. The van der Waals surface area contributed by atoms with E-state index in [4.69, 9.17) is 5.11 Å². The third kappa shape index (κ3) is 4.60. The summed E-state index contributed by atoms with van der Waals surface area (Å²) in [5.41, 5.74) is 5.57. The standard InChI is InChI=1S/C22H22N2O4S2/c1-12(23-24-20(26)16-9-10-17(30-16)21(27)28)15-11-29-19(18(15)25)13-5-7-14(8-6-13)22(2,3)4/h5-11,25H,1-4H3,(H,24,26)(H,27,28)/b23-12-. The highest BCUT2D eigenvalue weighted by atomic mass is 32.1. The Kier molecular flexibility index (Phi) is 6.09. The van der Waals surface area contributed by atoms with Crippen LogP contribution in [0.2, 0.25) is 0 Å². The molecule has 3 rings (SSSR count). The molecular formula is C22H22N2O4S2. The van der Waals surface area contributed by atoms with Crippen molar-refractivity contribution >= 4 is 40.3 Å². The van der Waals surface area contributed by atoms with Crippen LogP contribution in [0.1, 0.15) is 58.2 Å². The van der Waals surface area contributed by atoms with E-state index >= 15 is 0 Å². The fourth-order valence-electron chi connectivity index (χ4n) is 2.76. The molecule has 0 radical (unpaired) electrons. The van der Waals surface area contributed by atoms with Crippen molar-refractivity contribution in [3.05, 3.63) is 62.7 Å². The predicted molar refractivity (Wildman–Crippen MR) is 121 cm³/mol. The van der Waals surface area contributed by atoms with Crippen LogP contribution in [0.5, 0.6) is 5.75 Å². The molecule has 0 aliphatic heterocycles. The first-order valence-corrected chi connectivity index (χ1v) is 10.9. The first-order chi connectivity index (χ1) is 14.1. The van der Waals surface area contributed by atoms with E-state index in [1.165, 1.54) is 29.0 Å². The Hall–Kier alpha value is -2.97. The Morgan fingerprint density at radius 1 is 1.03 bits per heavy atom. The summed E-state index contributed by atoms with van der Waals surface area (Å²) < 4.78 is 0. The number of hydrazone groups is 1. The molecule has 0 bridgehead atoms. The lowest BCUT2D eigenvalue weighted by molar-refractivity contribution is 0.0702. The van der Waals surface area contributed by atoms with Gasteiger partial charge in [-0.25, -0.2) is 10.2 Å². The molecule has 3 N–H and O–H groups in total. The summed E-state index contributed by atoms with van der Waals surface area (Å²) in [6.07, 6.45) is 0. The number of rotatable bonds is 5. The van der Waals surface area contributed by atoms with Crippen molar-refractivity contribution in [3.63, 3.8) is 0 Å². The molecule has 6 nitrogen and oxygen atoms in total. The minimum Gasteiger partial charge on any atom is -0.506 e. The number of carbonyl (C=O) groups excluding carboxylic acids is 1. The summed E-state index contributed by atoms with van der Waals surface area (Å²) >= 11 is 2.28. The van der Waals surface area contributed by atoms with E-state index in [1.807, 2.05) is 12.1 Å². The number of aromatic hydroxyl groups is 1. The van der Waals surface area contributed by atoms with Gasteiger partial charge in [0.25, 0.3) is 5.91 Å². The Balaban J connectivity index is 1.77. The molecule has 0 fully saturated rings. The van der Waals surface area contributed by atoms with E-state index in [1.54, 1.807) is 12.3 Å². The second kappa shape index (κ2) is 8.41. The third-order valence-electron chi connectivity index (χ3n) is 4.53. The summed E-state index contributed by atoms with van der Waals surface area (Å²) in [5.74, 6) is -1.46. The number of hydrogen-bond donors (Lipinski definition) is 3. The predicted octanol–water partition coefficient (Wildman–Crippen LogP) is 5.33. The maximum atomic E-state index is 12.2. The number of carbonyl (C=O) groups is 2. The molecule has 2 aromatic heterocycles. The molecule has 2 heterocycles. The third-order valence-corrected chi connectivity index (χ3v) is 6.62. The van der Waals surface area contributed by atoms with Gasteiger partial charge in [-0.15, -0.1) is 22.7 Å². The van der Waals surface area contributed by atoms with E-state index in [0.717, 1.165) is 21.8 Å². The first kappa shape index (κ1) is 21.7. The van der Waals surface area contributed by atoms with E-state index < -0.39 is 11.9 Å². The molecule has 0 unspecified atom stereocenters. The van der Waals surface area contributed by atoms with Gasteiger partial charge in [-0.2, -0.15) is 5.10 Å². The van der Waals surface area contributed by atoms with Crippen LogP contribution in [0.3, 0.4) is 0 Å². The summed E-state index contributed by atoms with van der Waals surface area (Å²) in [5, 5.41) is 25.5. The van der Waals surface area contributed by atoms with Crippen LogP contribution < -0.4 is 5.43 Å². The highest BCUT2D eigenvalue weighted by molar-refractivity contribution is 7.15. The van der Waals surface area contributed by atoms with Crippen LogP contribution in [-0.2, 0) is 5.41 Å². The van der Waals surface area contributed by atoms with Gasteiger partial charge < -0.3 is 10.2 Å². The summed E-state index contributed by atoms with van der Waals surface area (Å²) in [6.45, 7) is 8.13. The van der Waals surface area contributed by atoms with Crippen molar-refractivity contribution < 1.29 is 19.8 Å². The lowest BCUT2D eigenvalue weighted by atomic mass is 9.86. The maximum absolute atomic E-state index is 12.2. The Morgan fingerprint density at radius 2 is 1.67 bits per heavy atom. The molecule has 30 heavy (non-hydrogen) atoms. The summed E-state index contributed by atoms with van der Waals surface area (Å²) in [7, 11) is 0. The second-order valence-electron chi connectivity index (χ2n) is 7.76. The average Bonchev–Trinajstić information content (AvgIpc) is 3.32. The van der Waals surface area contributed by atoms with Crippen molar-refractivity contribution in [1.82, 2.24) is 5.43 Å². The molecule has 0 saturated heterocycles. The Bertz CT molecular complexity index is 1120. The van der Waals surface area contributed by atoms with Gasteiger partial charge in [0.05, 0.1) is 21.0 Å². The molecule has 3 aromatic rings. The van der Waals surface area contributed by atoms with E-state index in [-0.39, 0.29) is 20.9 Å². The zero-order valence-corrected chi connectivity index (χ0v) is 18.6. The number of nitrogens with zero attached hydrogens (tertiary/aromatic N) is 1. The zero-order chi connectivity index (χ0) is 22.1. The quantitative estimate of drug-likeness (QED) is 0.367. The monoisotopic (exact) mass is 442 g/mol. The molecule has 0 aliphatic rings. The number of aromatic carboxylic acids is 1. The number of carboxylic acids is 1. The van der Waals surface area contributed by atoms with Gasteiger partial charge in [-0.1, -0.05) is 45.0 Å². The lowest BCUT2D eigenvalue weighted by Gasteiger charge is -2.19. The van der Waals surface area contributed by atoms with Crippen molar-refractivity contribution in [2.24, 2.45) is 5.10 Å². The smallest absolute Gasteiger partial charge is 0.345 e. The second-order valence-corrected chi connectivity index (χ2v) is 9.73. The lowest BCUT2D eigenvalue weighted by Crippen LogP contribution is -2.18. The van der Waals surface area contributed by atoms with Crippen molar-refractivity contribution in [2.45, 2.75) is 33.1 Å². The van der Waals surface area contributed by atoms with Crippen LogP contribution >= 0.6 is 22.7 Å².